The van der Waals surface area contributed by atoms with Gasteiger partial charge in [0.1, 0.15) is 0 Å². The van der Waals surface area contributed by atoms with Crippen LogP contribution in [0.2, 0.25) is 0 Å². The Morgan fingerprint density at radius 2 is 2.38 bits per heavy atom. The van der Waals surface area contributed by atoms with Gasteiger partial charge in [0, 0.05) is 13.2 Å². The van der Waals surface area contributed by atoms with E-state index in [1.165, 1.54) is 5.57 Å². The van der Waals surface area contributed by atoms with Gasteiger partial charge in [-0.2, -0.15) is 0 Å². The van der Waals surface area contributed by atoms with E-state index < -0.39 is 0 Å². The summed E-state index contributed by atoms with van der Waals surface area (Å²) in [4.78, 5) is 4.33. The second-order valence-corrected chi connectivity index (χ2v) is 3.71. The maximum atomic E-state index is 4.33. The van der Waals surface area contributed by atoms with E-state index in [4.69, 9.17) is 0 Å². The molecule has 0 aliphatic heterocycles. The fourth-order valence-electron chi connectivity index (χ4n) is 1.46. The summed E-state index contributed by atoms with van der Waals surface area (Å²) in [5.74, 6) is 0. The van der Waals surface area contributed by atoms with Crippen LogP contribution in [-0.4, -0.2) is 22.6 Å². The van der Waals surface area contributed by atoms with E-state index >= 15 is 0 Å². The Labute approximate surface area is 97.9 Å². The molecule has 0 atom stereocenters. The first kappa shape index (κ1) is 12.7. The summed E-state index contributed by atoms with van der Waals surface area (Å²) in [6.07, 6.45) is 11.3. The SMILES string of the molecule is C/C=C(\C=C/CCNCC)c1cn(C)cn1. The lowest BCUT2D eigenvalue weighted by Gasteiger charge is -1.98. The predicted molar refractivity (Wildman–Crippen MR) is 69.2 cm³/mol. The Balaban J connectivity index is 2.50. The molecule has 1 aromatic heterocycles. The third-order valence-corrected chi connectivity index (χ3v) is 2.35. The molecule has 1 aromatic rings. The van der Waals surface area contributed by atoms with Crippen molar-refractivity contribution in [3.05, 3.63) is 36.4 Å². The first-order valence-electron chi connectivity index (χ1n) is 5.79. The van der Waals surface area contributed by atoms with E-state index in [0.29, 0.717) is 0 Å². The van der Waals surface area contributed by atoms with Crippen molar-refractivity contribution >= 4 is 5.57 Å². The Morgan fingerprint density at radius 1 is 1.56 bits per heavy atom. The molecule has 88 valence electrons. The number of nitrogens with one attached hydrogen (secondary N) is 1. The van der Waals surface area contributed by atoms with Crippen LogP contribution < -0.4 is 5.32 Å². The van der Waals surface area contributed by atoms with Crippen molar-refractivity contribution in [3.8, 4) is 0 Å². The molecule has 0 spiro atoms. The number of aromatic nitrogens is 2. The summed E-state index contributed by atoms with van der Waals surface area (Å²) in [6.45, 7) is 6.23. The maximum absolute atomic E-state index is 4.33. The molecule has 0 amide bonds. The van der Waals surface area contributed by atoms with Crippen molar-refractivity contribution in [2.45, 2.75) is 20.3 Å². The third-order valence-electron chi connectivity index (χ3n) is 2.35. The highest BCUT2D eigenvalue weighted by molar-refractivity contribution is 5.70. The molecule has 0 fully saturated rings. The Morgan fingerprint density at radius 3 is 2.94 bits per heavy atom. The van der Waals surface area contributed by atoms with Crippen molar-refractivity contribution < 1.29 is 0 Å². The summed E-state index contributed by atoms with van der Waals surface area (Å²) in [6, 6.07) is 0. The van der Waals surface area contributed by atoms with Crippen LogP contribution in [-0.2, 0) is 7.05 Å². The normalized spacial score (nSPS) is 12.6. The van der Waals surface area contributed by atoms with Crippen molar-refractivity contribution in [3.63, 3.8) is 0 Å². The summed E-state index contributed by atoms with van der Waals surface area (Å²) in [7, 11) is 1.98. The Hall–Kier alpha value is -1.35. The fourth-order valence-corrected chi connectivity index (χ4v) is 1.46. The van der Waals surface area contributed by atoms with Gasteiger partial charge in [-0.1, -0.05) is 25.2 Å². The number of hydrogen-bond donors (Lipinski definition) is 1. The van der Waals surface area contributed by atoms with E-state index in [9.17, 15) is 0 Å². The lowest BCUT2D eigenvalue weighted by atomic mass is 10.1. The van der Waals surface area contributed by atoms with E-state index in [-0.39, 0.29) is 0 Å². The summed E-state index contributed by atoms with van der Waals surface area (Å²) in [5.41, 5.74) is 2.21. The minimum absolute atomic E-state index is 1.03. The molecule has 0 saturated carbocycles. The quantitative estimate of drug-likeness (QED) is 0.588. The van der Waals surface area contributed by atoms with Gasteiger partial charge in [-0.3, -0.25) is 0 Å². The van der Waals surface area contributed by atoms with Crippen LogP contribution in [0.3, 0.4) is 0 Å². The van der Waals surface area contributed by atoms with Crippen molar-refractivity contribution in [1.29, 1.82) is 0 Å². The molecule has 16 heavy (non-hydrogen) atoms. The van der Waals surface area contributed by atoms with Crippen molar-refractivity contribution in [1.82, 2.24) is 14.9 Å². The van der Waals surface area contributed by atoms with Crippen molar-refractivity contribution in [2.24, 2.45) is 7.05 Å². The van der Waals surface area contributed by atoms with Crippen LogP contribution in [0.1, 0.15) is 26.0 Å². The Kier molecular flexibility index (Phi) is 5.57. The average Bonchev–Trinajstić information content (AvgIpc) is 2.70. The van der Waals surface area contributed by atoms with Crippen molar-refractivity contribution in [2.75, 3.05) is 13.1 Å². The van der Waals surface area contributed by atoms with Gasteiger partial charge in [0.05, 0.1) is 12.0 Å². The third kappa shape index (κ3) is 4.03. The molecular weight excluding hydrogens is 198 g/mol. The number of aryl methyl sites for hydroxylation is 1. The second-order valence-electron chi connectivity index (χ2n) is 3.71. The average molecular weight is 219 g/mol. The zero-order valence-corrected chi connectivity index (χ0v) is 10.4. The highest BCUT2D eigenvalue weighted by Crippen LogP contribution is 2.12. The topological polar surface area (TPSA) is 29.9 Å². The molecule has 0 aliphatic rings. The highest BCUT2D eigenvalue weighted by atomic mass is 15.0. The van der Waals surface area contributed by atoms with Crippen LogP contribution in [0.4, 0.5) is 0 Å². The van der Waals surface area contributed by atoms with Crippen LogP contribution in [0.25, 0.3) is 5.57 Å². The number of allylic oxidation sites excluding steroid dienone is 3. The lowest BCUT2D eigenvalue weighted by Crippen LogP contribution is -2.12. The van der Waals surface area contributed by atoms with E-state index in [1.807, 2.05) is 31.1 Å². The zero-order chi connectivity index (χ0) is 11.8. The molecule has 0 radical (unpaired) electrons. The number of rotatable bonds is 6. The number of imidazole rings is 1. The first-order valence-corrected chi connectivity index (χ1v) is 5.79. The van der Waals surface area contributed by atoms with E-state index in [1.54, 1.807) is 0 Å². The number of nitrogens with zero attached hydrogens (tertiary/aromatic N) is 2. The molecule has 0 aromatic carbocycles. The summed E-state index contributed by atoms with van der Waals surface area (Å²) in [5, 5.41) is 3.29. The molecular formula is C13H21N3. The van der Waals surface area contributed by atoms with Gasteiger partial charge in [-0.15, -0.1) is 0 Å². The smallest absolute Gasteiger partial charge is 0.0951 e. The molecule has 0 aliphatic carbocycles. The van der Waals surface area contributed by atoms with Gasteiger partial charge >= 0.3 is 0 Å². The molecule has 0 unspecified atom stereocenters. The van der Waals surface area contributed by atoms with Gasteiger partial charge in [0.15, 0.2) is 0 Å². The largest absolute Gasteiger partial charge is 0.340 e. The standard InChI is InChI=1S/C13H21N3/c1-4-12(8-6-7-9-14-5-2)13-10-16(3)11-15-13/h4,6,8,10-11,14H,5,7,9H2,1-3H3/b8-6-,12-4+. The lowest BCUT2D eigenvalue weighted by molar-refractivity contribution is 0.726. The molecule has 1 rings (SSSR count). The minimum Gasteiger partial charge on any atom is -0.340 e. The van der Waals surface area contributed by atoms with Gasteiger partial charge in [0.25, 0.3) is 0 Å². The minimum atomic E-state index is 1.03. The van der Waals surface area contributed by atoms with Crippen LogP contribution in [0, 0.1) is 0 Å². The molecule has 3 nitrogen and oxygen atoms in total. The first-order chi connectivity index (χ1) is 7.77. The maximum Gasteiger partial charge on any atom is 0.0951 e. The monoisotopic (exact) mass is 219 g/mol. The molecule has 0 saturated heterocycles. The predicted octanol–water partition coefficient (Wildman–Crippen LogP) is 2.38. The van der Waals surface area contributed by atoms with Gasteiger partial charge in [-0.25, -0.2) is 4.98 Å². The Bertz CT molecular complexity index is 361. The fraction of sp³-hybridized carbons (Fsp3) is 0.462. The molecule has 1 heterocycles. The number of hydrogen-bond acceptors (Lipinski definition) is 2. The summed E-state index contributed by atoms with van der Waals surface area (Å²) >= 11 is 0. The molecule has 3 heteroatoms. The summed E-state index contributed by atoms with van der Waals surface area (Å²) < 4.78 is 1.96. The van der Waals surface area contributed by atoms with E-state index in [2.05, 4.69) is 35.5 Å². The van der Waals surface area contributed by atoms with Gasteiger partial charge in [-0.05, 0) is 32.0 Å². The van der Waals surface area contributed by atoms with Gasteiger partial charge in [0.2, 0.25) is 0 Å². The van der Waals surface area contributed by atoms with Crippen LogP contribution in [0.15, 0.2) is 30.8 Å². The zero-order valence-electron chi connectivity index (χ0n) is 10.4. The van der Waals surface area contributed by atoms with Crippen LogP contribution >= 0.6 is 0 Å². The molecule has 1 N–H and O–H groups in total. The van der Waals surface area contributed by atoms with E-state index in [0.717, 1.165) is 25.2 Å². The molecule has 0 bridgehead atoms. The van der Waals surface area contributed by atoms with Gasteiger partial charge < -0.3 is 9.88 Å². The highest BCUT2D eigenvalue weighted by Gasteiger charge is 1.99. The second kappa shape index (κ2) is 7.01. The van der Waals surface area contributed by atoms with Crippen LogP contribution in [0.5, 0.6) is 0 Å².